The van der Waals surface area contributed by atoms with Crippen molar-refractivity contribution in [2.45, 2.75) is 32.7 Å². The van der Waals surface area contributed by atoms with Crippen LogP contribution < -0.4 is 0 Å². The Morgan fingerprint density at radius 1 is 1.41 bits per heavy atom. The minimum absolute atomic E-state index is 0.232. The second kappa shape index (κ2) is 5.05. The second-order valence-corrected chi connectivity index (χ2v) is 4.90. The van der Waals surface area contributed by atoms with Crippen LogP contribution in [0.3, 0.4) is 0 Å². The van der Waals surface area contributed by atoms with Crippen LogP contribution in [0, 0.1) is 11.7 Å². The maximum Gasteiger partial charge on any atom is 0.125 e. The van der Waals surface area contributed by atoms with E-state index < -0.39 is 0 Å². The number of aryl methyl sites for hydroxylation is 1. The van der Waals surface area contributed by atoms with Gasteiger partial charge in [0.25, 0.3) is 0 Å². The van der Waals surface area contributed by atoms with E-state index in [1.807, 2.05) is 4.57 Å². The van der Waals surface area contributed by atoms with Crippen LogP contribution in [-0.2, 0) is 12.4 Å². The molecule has 0 saturated carbocycles. The summed E-state index contributed by atoms with van der Waals surface area (Å²) < 4.78 is 15.3. The van der Waals surface area contributed by atoms with Crippen molar-refractivity contribution in [2.24, 2.45) is 5.92 Å². The van der Waals surface area contributed by atoms with Crippen LogP contribution in [0.1, 0.15) is 26.1 Å². The summed E-state index contributed by atoms with van der Waals surface area (Å²) >= 11 is 5.88. The van der Waals surface area contributed by atoms with E-state index in [1.165, 1.54) is 12.1 Å². The molecule has 0 radical (unpaired) electrons. The Kier molecular flexibility index (Phi) is 3.67. The summed E-state index contributed by atoms with van der Waals surface area (Å²) in [7, 11) is 0. The molecule has 0 spiro atoms. The predicted octanol–water partition coefficient (Wildman–Crippen LogP) is 3.96. The molecule has 0 fully saturated rings. The van der Waals surface area contributed by atoms with Crippen LogP contribution in [0.2, 0.25) is 0 Å². The molecule has 1 aromatic carbocycles. The SMILES string of the molecule is CC(C)CCn1c(CCl)nc2ccc(F)cc21. The van der Waals surface area contributed by atoms with Gasteiger partial charge in [0.15, 0.2) is 0 Å². The van der Waals surface area contributed by atoms with E-state index in [2.05, 4.69) is 18.8 Å². The molecule has 4 heteroatoms. The minimum atomic E-state index is -0.232. The van der Waals surface area contributed by atoms with E-state index in [1.54, 1.807) is 6.07 Å². The van der Waals surface area contributed by atoms with Crippen molar-refractivity contribution in [1.82, 2.24) is 9.55 Å². The average Bonchev–Trinajstić information content (AvgIpc) is 2.63. The van der Waals surface area contributed by atoms with Crippen LogP contribution >= 0.6 is 11.6 Å². The quantitative estimate of drug-likeness (QED) is 0.755. The van der Waals surface area contributed by atoms with E-state index in [9.17, 15) is 4.39 Å². The molecule has 0 N–H and O–H groups in total. The molecule has 17 heavy (non-hydrogen) atoms. The molecule has 2 nitrogen and oxygen atoms in total. The fourth-order valence-electron chi connectivity index (χ4n) is 1.88. The summed E-state index contributed by atoms with van der Waals surface area (Å²) in [5.41, 5.74) is 1.65. The first-order valence-electron chi connectivity index (χ1n) is 5.82. The Bertz CT molecular complexity index is 519. The highest BCUT2D eigenvalue weighted by molar-refractivity contribution is 6.16. The van der Waals surface area contributed by atoms with Crippen LogP contribution in [0.5, 0.6) is 0 Å². The number of hydrogen-bond acceptors (Lipinski definition) is 1. The van der Waals surface area contributed by atoms with Gasteiger partial charge in [-0.2, -0.15) is 0 Å². The van der Waals surface area contributed by atoms with Crippen LogP contribution in [0.25, 0.3) is 11.0 Å². The molecule has 0 saturated heterocycles. The molecule has 2 rings (SSSR count). The first kappa shape index (κ1) is 12.4. The van der Waals surface area contributed by atoms with Gasteiger partial charge in [-0.3, -0.25) is 0 Å². The van der Waals surface area contributed by atoms with Crippen LogP contribution in [0.4, 0.5) is 4.39 Å². The largest absolute Gasteiger partial charge is 0.327 e. The lowest BCUT2D eigenvalue weighted by Crippen LogP contribution is -2.05. The number of halogens is 2. The molecule has 1 heterocycles. The predicted molar refractivity (Wildman–Crippen MR) is 68.7 cm³/mol. The Morgan fingerprint density at radius 3 is 2.82 bits per heavy atom. The Morgan fingerprint density at radius 2 is 2.18 bits per heavy atom. The van der Waals surface area contributed by atoms with Gasteiger partial charge in [0.1, 0.15) is 11.6 Å². The molecule has 0 amide bonds. The molecule has 1 aromatic heterocycles. The molecule has 92 valence electrons. The number of imidazole rings is 1. The van der Waals surface area contributed by atoms with E-state index in [0.29, 0.717) is 11.8 Å². The fourth-order valence-corrected chi connectivity index (χ4v) is 2.09. The van der Waals surface area contributed by atoms with Crippen molar-refractivity contribution in [3.8, 4) is 0 Å². The number of alkyl halides is 1. The van der Waals surface area contributed by atoms with Gasteiger partial charge < -0.3 is 4.57 Å². The highest BCUT2D eigenvalue weighted by atomic mass is 35.5. The van der Waals surface area contributed by atoms with E-state index in [0.717, 1.165) is 29.8 Å². The minimum Gasteiger partial charge on any atom is -0.327 e. The lowest BCUT2D eigenvalue weighted by molar-refractivity contribution is 0.515. The van der Waals surface area contributed by atoms with Crippen molar-refractivity contribution in [1.29, 1.82) is 0 Å². The smallest absolute Gasteiger partial charge is 0.125 e. The zero-order valence-electron chi connectivity index (χ0n) is 10.1. The molecule has 0 aliphatic rings. The van der Waals surface area contributed by atoms with E-state index >= 15 is 0 Å². The van der Waals surface area contributed by atoms with Gasteiger partial charge in [-0.05, 0) is 30.5 Å². The van der Waals surface area contributed by atoms with Crippen LogP contribution in [0.15, 0.2) is 18.2 Å². The summed E-state index contributed by atoms with van der Waals surface area (Å²) in [6.07, 6.45) is 1.03. The highest BCUT2D eigenvalue weighted by Crippen LogP contribution is 2.20. The molecular weight excluding hydrogens is 239 g/mol. The monoisotopic (exact) mass is 254 g/mol. The Labute approximate surface area is 105 Å². The van der Waals surface area contributed by atoms with Gasteiger partial charge in [-0.15, -0.1) is 11.6 Å². The zero-order chi connectivity index (χ0) is 12.4. The maximum absolute atomic E-state index is 13.3. The number of aromatic nitrogens is 2. The van der Waals surface area contributed by atoms with Gasteiger partial charge in [0.05, 0.1) is 16.9 Å². The number of hydrogen-bond donors (Lipinski definition) is 0. The Hall–Kier alpha value is -1.09. The fraction of sp³-hybridized carbons (Fsp3) is 0.462. The molecule has 0 unspecified atom stereocenters. The first-order chi connectivity index (χ1) is 8.11. The highest BCUT2D eigenvalue weighted by Gasteiger charge is 2.10. The molecule has 0 aliphatic heterocycles. The topological polar surface area (TPSA) is 17.8 Å². The Balaban J connectivity index is 2.45. The molecular formula is C13H16ClFN2. The maximum atomic E-state index is 13.3. The average molecular weight is 255 g/mol. The third kappa shape index (κ3) is 2.60. The van der Waals surface area contributed by atoms with Gasteiger partial charge in [0, 0.05) is 6.54 Å². The van der Waals surface area contributed by atoms with E-state index in [4.69, 9.17) is 11.6 Å². The summed E-state index contributed by atoms with van der Waals surface area (Å²) in [6.45, 7) is 5.17. The summed E-state index contributed by atoms with van der Waals surface area (Å²) in [6, 6.07) is 4.66. The van der Waals surface area contributed by atoms with Gasteiger partial charge in [0.2, 0.25) is 0 Å². The van der Waals surface area contributed by atoms with Gasteiger partial charge in [-0.1, -0.05) is 13.8 Å². The number of rotatable bonds is 4. The molecule has 0 bridgehead atoms. The van der Waals surface area contributed by atoms with Crippen molar-refractivity contribution in [3.05, 3.63) is 29.8 Å². The lowest BCUT2D eigenvalue weighted by Gasteiger charge is -2.09. The molecule has 0 aliphatic carbocycles. The standard InChI is InChI=1S/C13H16ClFN2/c1-9(2)5-6-17-12-7-10(15)3-4-11(12)16-13(17)8-14/h3-4,7,9H,5-6,8H2,1-2H3. The zero-order valence-corrected chi connectivity index (χ0v) is 10.8. The number of nitrogens with zero attached hydrogens (tertiary/aromatic N) is 2. The van der Waals surface area contributed by atoms with Crippen molar-refractivity contribution in [2.75, 3.05) is 0 Å². The number of benzene rings is 1. The molecule has 0 atom stereocenters. The normalized spacial score (nSPS) is 11.6. The summed E-state index contributed by atoms with van der Waals surface area (Å²) in [5.74, 6) is 1.54. The summed E-state index contributed by atoms with van der Waals surface area (Å²) in [5, 5.41) is 0. The molecule has 2 aromatic rings. The van der Waals surface area contributed by atoms with Crippen molar-refractivity contribution >= 4 is 22.6 Å². The van der Waals surface area contributed by atoms with Gasteiger partial charge in [-0.25, -0.2) is 9.37 Å². The van der Waals surface area contributed by atoms with Crippen molar-refractivity contribution < 1.29 is 4.39 Å². The van der Waals surface area contributed by atoms with Crippen LogP contribution in [-0.4, -0.2) is 9.55 Å². The third-order valence-corrected chi connectivity index (χ3v) is 3.08. The van der Waals surface area contributed by atoms with Gasteiger partial charge >= 0.3 is 0 Å². The lowest BCUT2D eigenvalue weighted by atomic mass is 10.1. The van der Waals surface area contributed by atoms with Crippen molar-refractivity contribution in [3.63, 3.8) is 0 Å². The second-order valence-electron chi connectivity index (χ2n) is 4.63. The third-order valence-electron chi connectivity index (χ3n) is 2.84. The van der Waals surface area contributed by atoms with E-state index in [-0.39, 0.29) is 5.82 Å². The first-order valence-corrected chi connectivity index (χ1v) is 6.36. The summed E-state index contributed by atoms with van der Waals surface area (Å²) in [4.78, 5) is 4.41. The number of fused-ring (bicyclic) bond motifs is 1.